The quantitative estimate of drug-likeness (QED) is 0.0638. The van der Waals surface area contributed by atoms with Crippen LogP contribution in [0.2, 0.25) is 0 Å². The van der Waals surface area contributed by atoms with Gasteiger partial charge in [0.15, 0.2) is 11.1 Å². The van der Waals surface area contributed by atoms with Crippen LogP contribution in [0, 0.1) is 0 Å². The Labute approximate surface area is 269 Å². The van der Waals surface area contributed by atoms with Crippen LogP contribution in [0.3, 0.4) is 0 Å². The van der Waals surface area contributed by atoms with Gasteiger partial charge in [0.25, 0.3) is 15.9 Å². The zero-order valence-electron chi connectivity index (χ0n) is 24.4. The highest BCUT2D eigenvalue weighted by Crippen LogP contribution is 2.27. The Balaban J connectivity index is 1.35. The van der Waals surface area contributed by atoms with Crippen LogP contribution in [0.4, 0.5) is 16.5 Å². The summed E-state index contributed by atoms with van der Waals surface area (Å²) in [5.41, 5.74) is 12.0. The summed E-state index contributed by atoms with van der Waals surface area (Å²) in [4.78, 5) is 37.6. The molecule has 3 aromatic rings. The van der Waals surface area contributed by atoms with Gasteiger partial charge in [0.1, 0.15) is 10.9 Å². The van der Waals surface area contributed by atoms with Crippen molar-refractivity contribution in [3.05, 3.63) is 51.7 Å². The number of aliphatic carboxylic acids is 1. The number of carboxylic acids is 1. The van der Waals surface area contributed by atoms with Gasteiger partial charge in [-0.15, -0.1) is 22.7 Å². The largest absolute Gasteiger partial charge is 0.480 e. The van der Waals surface area contributed by atoms with E-state index in [0.717, 1.165) is 48.3 Å². The smallest absolute Gasteiger partial charge is 0.326 e. The number of thiazole rings is 1. The molecule has 1 aromatic carbocycles. The third kappa shape index (κ3) is 9.76. The summed E-state index contributed by atoms with van der Waals surface area (Å²) in [6.07, 6.45) is 0.394. The number of nitrogens with one attached hydrogen (secondary N) is 3. The summed E-state index contributed by atoms with van der Waals surface area (Å²) >= 11 is 2.53. The molecule has 1 aliphatic rings. The number of aliphatic hydroxyl groups excluding tert-OH is 1. The second-order valence-electron chi connectivity index (χ2n) is 10.1. The third-order valence-corrected chi connectivity index (χ3v) is 10.1. The van der Waals surface area contributed by atoms with Crippen molar-refractivity contribution in [3.63, 3.8) is 0 Å². The third-order valence-electron chi connectivity index (χ3n) is 6.88. The molecule has 15 nitrogen and oxygen atoms in total. The minimum absolute atomic E-state index is 0.0204. The van der Waals surface area contributed by atoms with Crippen molar-refractivity contribution in [2.24, 2.45) is 16.5 Å². The fourth-order valence-corrected chi connectivity index (χ4v) is 7.36. The maximum Gasteiger partial charge on any atom is 0.326 e. The Bertz CT molecular complexity index is 1580. The molecule has 3 heterocycles. The van der Waals surface area contributed by atoms with Gasteiger partial charge in [0, 0.05) is 50.3 Å². The number of aliphatic hydroxyl groups is 1. The number of aliphatic imine (C=N–C) groups is 1. The number of anilines is 3. The molecule has 0 aliphatic carbocycles. The maximum absolute atomic E-state index is 13.3. The fraction of sp³-hybridized carbons (Fsp3) is 0.407. The standard InChI is InChI=1S/C27H37N9O6S3/c28-26(29)30-7-2-5-22(25(39)40)33-24(38)23-21(6-14-43-23)34-45(41,42)20-4-1-3-18(15-20)31-16-19-17-44-27(32-19)36-10-8-35(9-11-36)12-13-37/h1,3-4,6,14-15,17,22,31,34,37H,2,5,7-13,16H2,(H,33,38)(H,39,40)(H4,28,29,30). The number of carbonyl (C=O) groups excluding carboxylic acids is 1. The van der Waals surface area contributed by atoms with Gasteiger partial charge in [-0.1, -0.05) is 6.07 Å². The van der Waals surface area contributed by atoms with E-state index < -0.39 is 27.9 Å². The van der Waals surface area contributed by atoms with Crippen LogP contribution in [-0.2, 0) is 21.4 Å². The number of piperazine rings is 1. The first-order valence-corrected chi connectivity index (χ1v) is 17.4. The van der Waals surface area contributed by atoms with Crippen LogP contribution >= 0.6 is 22.7 Å². The lowest BCUT2D eigenvalue weighted by Gasteiger charge is -2.34. The van der Waals surface area contributed by atoms with Crippen molar-refractivity contribution in [1.29, 1.82) is 0 Å². The number of guanidine groups is 1. The molecule has 18 heteroatoms. The van der Waals surface area contributed by atoms with Crippen LogP contribution < -0.4 is 31.7 Å². The van der Waals surface area contributed by atoms with Crippen LogP contribution in [0.15, 0.2) is 51.0 Å². The Morgan fingerprint density at radius 1 is 1.13 bits per heavy atom. The SMILES string of the molecule is NC(N)=NCCCC(NC(=O)c1sccc1NS(=O)(=O)c1cccc(NCc2csc(N3CCN(CCO)CC3)n2)c1)C(=O)O. The Kier molecular flexibility index (Phi) is 11.9. The zero-order valence-corrected chi connectivity index (χ0v) is 26.8. The molecule has 9 N–H and O–H groups in total. The fourth-order valence-electron chi connectivity index (χ4n) is 4.55. The lowest BCUT2D eigenvalue weighted by atomic mass is 10.1. The average Bonchev–Trinajstić information content (AvgIpc) is 3.68. The van der Waals surface area contributed by atoms with Crippen molar-refractivity contribution in [2.45, 2.75) is 30.3 Å². The van der Waals surface area contributed by atoms with Gasteiger partial charge in [0.05, 0.1) is 29.4 Å². The molecule has 1 saturated heterocycles. The van der Waals surface area contributed by atoms with Crippen molar-refractivity contribution in [1.82, 2.24) is 15.2 Å². The lowest BCUT2D eigenvalue weighted by Crippen LogP contribution is -2.47. The van der Waals surface area contributed by atoms with E-state index in [0.29, 0.717) is 25.2 Å². The van der Waals surface area contributed by atoms with Gasteiger partial charge >= 0.3 is 5.97 Å². The van der Waals surface area contributed by atoms with E-state index in [1.165, 1.54) is 23.6 Å². The highest BCUT2D eigenvalue weighted by Gasteiger charge is 2.25. The lowest BCUT2D eigenvalue weighted by molar-refractivity contribution is -0.139. The molecule has 0 saturated carbocycles. The summed E-state index contributed by atoms with van der Waals surface area (Å²) in [5.74, 6) is -2.07. The molecule has 1 unspecified atom stereocenters. The minimum Gasteiger partial charge on any atom is -0.480 e. The van der Waals surface area contributed by atoms with Gasteiger partial charge in [-0.3, -0.25) is 19.4 Å². The molecule has 0 radical (unpaired) electrons. The summed E-state index contributed by atoms with van der Waals surface area (Å²) in [6.45, 7) is 4.82. The topological polar surface area (TPSA) is 229 Å². The van der Waals surface area contributed by atoms with Gasteiger partial charge in [-0.05, 0) is 42.5 Å². The number of benzene rings is 1. The second-order valence-corrected chi connectivity index (χ2v) is 13.6. The molecule has 244 valence electrons. The molecule has 0 bridgehead atoms. The van der Waals surface area contributed by atoms with E-state index in [1.54, 1.807) is 23.5 Å². The number of carboxylic acid groups (broad SMARTS) is 1. The molecule has 1 atom stereocenters. The molecular formula is C27H37N9O6S3. The molecule has 1 fully saturated rings. The van der Waals surface area contributed by atoms with Crippen LogP contribution in [0.1, 0.15) is 28.2 Å². The Morgan fingerprint density at radius 2 is 1.91 bits per heavy atom. The van der Waals surface area contributed by atoms with Crippen LogP contribution in [0.5, 0.6) is 0 Å². The summed E-state index contributed by atoms with van der Waals surface area (Å²) in [6, 6.07) is 6.51. The number of β-amino-alcohol motifs (C(OH)–C–C–N with tert-alkyl or cyclic N) is 1. The van der Waals surface area contributed by atoms with E-state index in [4.69, 9.17) is 21.6 Å². The Hall–Kier alpha value is -3.97. The van der Waals surface area contributed by atoms with E-state index >= 15 is 0 Å². The summed E-state index contributed by atoms with van der Waals surface area (Å²) in [7, 11) is -4.09. The second kappa shape index (κ2) is 15.8. The monoisotopic (exact) mass is 679 g/mol. The highest BCUT2D eigenvalue weighted by atomic mass is 32.2. The van der Waals surface area contributed by atoms with Crippen molar-refractivity contribution in [2.75, 3.05) is 60.8 Å². The highest BCUT2D eigenvalue weighted by molar-refractivity contribution is 7.92. The van der Waals surface area contributed by atoms with Crippen molar-refractivity contribution >= 4 is 67.0 Å². The van der Waals surface area contributed by atoms with Crippen LogP contribution in [-0.4, -0.2) is 98.3 Å². The van der Waals surface area contributed by atoms with Crippen molar-refractivity contribution in [3.8, 4) is 0 Å². The van der Waals surface area contributed by atoms with Crippen molar-refractivity contribution < 1.29 is 28.2 Å². The molecule has 2 aromatic heterocycles. The molecule has 4 rings (SSSR count). The van der Waals surface area contributed by atoms with Gasteiger partial charge < -0.3 is 37.2 Å². The van der Waals surface area contributed by atoms with E-state index in [9.17, 15) is 23.1 Å². The van der Waals surface area contributed by atoms with E-state index in [-0.39, 0.29) is 41.0 Å². The number of nitrogens with zero attached hydrogens (tertiary/aromatic N) is 4. The first-order chi connectivity index (χ1) is 21.6. The number of amides is 1. The summed E-state index contributed by atoms with van der Waals surface area (Å²) in [5, 5.41) is 28.8. The molecule has 1 aliphatic heterocycles. The number of sulfonamides is 1. The van der Waals surface area contributed by atoms with Crippen LogP contribution in [0.25, 0.3) is 0 Å². The normalized spacial score (nSPS) is 14.5. The van der Waals surface area contributed by atoms with E-state index in [1.807, 2.05) is 5.38 Å². The van der Waals surface area contributed by atoms with Gasteiger partial charge in [-0.2, -0.15) is 0 Å². The number of rotatable bonds is 16. The van der Waals surface area contributed by atoms with E-state index in [2.05, 4.69) is 30.1 Å². The molecule has 1 amide bonds. The number of nitrogens with two attached hydrogens (primary N) is 2. The zero-order chi connectivity index (χ0) is 32.4. The predicted molar refractivity (Wildman–Crippen MR) is 176 cm³/mol. The minimum atomic E-state index is -4.09. The first kappa shape index (κ1) is 33.9. The average molecular weight is 680 g/mol. The number of hydrogen-bond acceptors (Lipinski definition) is 12. The number of hydrogen-bond donors (Lipinski definition) is 7. The Morgan fingerprint density at radius 3 is 2.62 bits per heavy atom. The maximum atomic E-state index is 13.3. The molecule has 0 spiro atoms. The predicted octanol–water partition coefficient (Wildman–Crippen LogP) is 0.968. The summed E-state index contributed by atoms with van der Waals surface area (Å²) < 4.78 is 29.0. The number of carbonyl (C=O) groups is 2. The molecular weight excluding hydrogens is 643 g/mol. The molecule has 45 heavy (non-hydrogen) atoms. The number of aromatic nitrogens is 1. The number of thiophene rings is 1. The first-order valence-electron chi connectivity index (χ1n) is 14.1. The van der Waals surface area contributed by atoms with Gasteiger partial charge in [-0.25, -0.2) is 18.2 Å². The van der Waals surface area contributed by atoms with Gasteiger partial charge in [0.2, 0.25) is 0 Å².